The first-order chi connectivity index (χ1) is 8.91. The number of carboxylic acids is 1. The van der Waals surface area contributed by atoms with Crippen molar-refractivity contribution in [1.82, 2.24) is 15.6 Å². The summed E-state index contributed by atoms with van der Waals surface area (Å²) in [5, 5.41) is 14.1. The van der Waals surface area contributed by atoms with Crippen LogP contribution in [0.5, 0.6) is 0 Å². The number of aromatic nitrogens is 1. The van der Waals surface area contributed by atoms with E-state index in [-0.39, 0.29) is 12.0 Å². The highest BCUT2D eigenvalue weighted by atomic mass is 16.4. The fourth-order valence-electron chi connectivity index (χ4n) is 1.63. The van der Waals surface area contributed by atoms with Crippen molar-refractivity contribution in [3.05, 3.63) is 30.1 Å². The Hall–Kier alpha value is -2.11. The molecule has 1 aromatic rings. The van der Waals surface area contributed by atoms with Gasteiger partial charge in [-0.3, -0.25) is 4.98 Å². The normalized spacial score (nSPS) is 13.7. The van der Waals surface area contributed by atoms with Gasteiger partial charge in [-0.2, -0.15) is 0 Å². The van der Waals surface area contributed by atoms with Gasteiger partial charge in [-0.25, -0.2) is 9.59 Å². The highest BCUT2D eigenvalue weighted by Gasteiger charge is 2.23. The van der Waals surface area contributed by atoms with Gasteiger partial charge >= 0.3 is 12.0 Å². The average molecular weight is 265 g/mol. The average Bonchev–Trinajstić information content (AvgIpc) is 2.36. The number of hydrogen-bond acceptors (Lipinski definition) is 3. The summed E-state index contributed by atoms with van der Waals surface area (Å²) in [5.74, 6) is -1.22. The number of pyridine rings is 1. The predicted octanol–water partition coefficient (Wildman–Crippen LogP) is 1.55. The number of carbonyl (C=O) groups excluding carboxylic acids is 1. The van der Waals surface area contributed by atoms with Crippen LogP contribution in [0.25, 0.3) is 0 Å². The fraction of sp³-hybridized carbons (Fsp3) is 0.462. The summed E-state index contributed by atoms with van der Waals surface area (Å²) in [6.45, 7) is 5.30. The summed E-state index contributed by atoms with van der Waals surface area (Å²) < 4.78 is 0. The van der Waals surface area contributed by atoms with Crippen LogP contribution < -0.4 is 10.6 Å². The maximum atomic E-state index is 11.7. The van der Waals surface area contributed by atoms with E-state index in [4.69, 9.17) is 5.11 Å². The lowest BCUT2D eigenvalue weighted by atomic mass is 10.1. The van der Waals surface area contributed by atoms with Crippen LogP contribution in [-0.4, -0.2) is 28.1 Å². The highest BCUT2D eigenvalue weighted by molar-refractivity contribution is 5.82. The van der Waals surface area contributed by atoms with Crippen LogP contribution >= 0.6 is 0 Å². The van der Waals surface area contributed by atoms with Gasteiger partial charge in [0, 0.05) is 12.4 Å². The summed E-state index contributed by atoms with van der Waals surface area (Å²) >= 11 is 0. The van der Waals surface area contributed by atoms with Crippen molar-refractivity contribution in [2.45, 2.75) is 32.9 Å². The number of nitrogens with one attached hydrogen (secondary N) is 2. The zero-order chi connectivity index (χ0) is 14.4. The molecule has 1 unspecified atom stereocenters. The van der Waals surface area contributed by atoms with E-state index < -0.39 is 18.0 Å². The second kappa shape index (κ2) is 6.72. The number of carbonyl (C=O) groups is 2. The predicted molar refractivity (Wildman–Crippen MR) is 70.6 cm³/mol. The van der Waals surface area contributed by atoms with Crippen LogP contribution in [0, 0.1) is 5.92 Å². The molecular formula is C13H19N3O3. The Morgan fingerprint density at radius 1 is 1.16 bits per heavy atom. The van der Waals surface area contributed by atoms with Crippen molar-refractivity contribution >= 4 is 12.0 Å². The molecule has 0 aliphatic heterocycles. The summed E-state index contributed by atoms with van der Waals surface area (Å²) in [6, 6.07) is 1.98. The van der Waals surface area contributed by atoms with Gasteiger partial charge in [0.25, 0.3) is 0 Å². The van der Waals surface area contributed by atoms with E-state index in [2.05, 4.69) is 15.6 Å². The molecular weight excluding hydrogens is 246 g/mol. The number of amides is 2. The van der Waals surface area contributed by atoms with Crippen molar-refractivity contribution in [2.24, 2.45) is 5.92 Å². The molecule has 6 heteroatoms. The third kappa shape index (κ3) is 4.57. The van der Waals surface area contributed by atoms with Gasteiger partial charge in [0.1, 0.15) is 6.04 Å². The standard InChI is InChI=1S/C13H19N3O3/c1-8(2)11(12(17)18)16-13(19)15-9(3)10-4-6-14-7-5-10/h4-9,11H,1-3H3,(H,17,18)(H2,15,16,19)/t9?,11-/m1/s1. The molecule has 19 heavy (non-hydrogen) atoms. The van der Waals surface area contributed by atoms with Crippen molar-refractivity contribution < 1.29 is 14.7 Å². The first-order valence-electron chi connectivity index (χ1n) is 6.11. The molecule has 0 spiro atoms. The monoisotopic (exact) mass is 265 g/mol. The molecule has 104 valence electrons. The molecule has 3 N–H and O–H groups in total. The Morgan fingerprint density at radius 3 is 2.21 bits per heavy atom. The maximum Gasteiger partial charge on any atom is 0.326 e. The van der Waals surface area contributed by atoms with E-state index in [1.165, 1.54) is 0 Å². The van der Waals surface area contributed by atoms with Crippen LogP contribution in [-0.2, 0) is 4.79 Å². The quantitative estimate of drug-likeness (QED) is 0.753. The van der Waals surface area contributed by atoms with E-state index in [9.17, 15) is 9.59 Å². The fourth-order valence-corrected chi connectivity index (χ4v) is 1.63. The lowest BCUT2D eigenvalue weighted by Gasteiger charge is -2.20. The molecule has 0 saturated heterocycles. The minimum absolute atomic E-state index is 0.181. The van der Waals surface area contributed by atoms with Gasteiger partial charge in [-0.15, -0.1) is 0 Å². The molecule has 0 aliphatic carbocycles. The summed E-state index contributed by atoms with van der Waals surface area (Å²) in [7, 11) is 0. The topological polar surface area (TPSA) is 91.3 Å². The zero-order valence-corrected chi connectivity index (χ0v) is 11.3. The number of rotatable bonds is 5. The van der Waals surface area contributed by atoms with Crippen LogP contribution in [0.4, 0.5) is 4.79 Å². The van der Waals surface area contributed by atoms with Crippen LogP contribution in [0.1, 0.15) is 32.4 Å². The first-order valence-corrected chi connectivity index (χ1v) is 6.11. The molecule has 1 aromatic heterocycles. The molecule has 2 amide bonds. The Labute approximate surface area is 112 Å². The first kappa shape index (κ1) is 14.9. The third-order valence-electron chi connectivity index (χ3n) is 2.77. The molecule has 0 aliphatic rings. The second-order valence-electron chi connectivity index (χ2n) is 4.68. The van der Waals surface area contributed by atoms with Crippen molar-refractivity contribution in [1.29, 1.82) is 0 Å². The van der Waals surface area contributed by atoms with Gasteiger partial charge in [0.15, 0.2) is 0 Å². The summed E-state index contributed by atoms with van der Waals surface area (Å²) in [6.07, 6.45) is 3.28. The third-order valence-corrected chi connectivity index (χ3v) is 2.77. The lowest BCUT2D eigenvalue weighted by molar-refractivity contribution is -0.140. The van der Waals surface area contributed by atoms with Crippen LogP contribution in [0.2, 0.25) is 0 Å². The van der Waals surface area contributed by atoms with Gasteiger partial charge in [-0.05, 0) is 30.5 Å². The number of aliphatic carboxylic acids is 1. The van der Waals surface area contributed by atoms with Crippen molar-refractivity contribution in [3.8, 4) is 0 Å². The number of carboxylic acid groups (broad SMARTS) is 1. The Balaban J connectivity index is 2.58. The van der Waals surface area contributed by atoms with E-state index >= 15 is 0 Å². The summed E-state index contributed by atoms with van der Waals surface area (Å²) in [4.78, 5) is 26.6. The smallest absolute Gasteiger partial charge is 0.326 e. The van der Waals surface area contributed by atoms with Crippen LogP contribution in [0.3, 0.4) is 0 Å². The molecule has 0 fully saturated rings. The molecule has 0 radical (unpaired) electrons. The Bertz CT molecular complexity index is 434. The van der Waals surface area contributed by atoms with Gasteiger partial charge < -0.3 is 15.7 Å². The number of urea groups is 1. The molecule has 1 heterocycles. The van der Waals surface area contributed by atoms with Crippen molar-refractivity contribution in [2.75, 3.05) is 0 Å². The SMILES string of the molecule is CC(NC(=O)N[C@@H](C(=O)O)C(C)C)c1ccncc1. The van der Waals surface area contributed by atoms with Gasteiger partial charge in [0.2, 0.25) is 0 Å². The zero-order valence-electron chi connectivity index (χ0n) is 11.3. The molecule has 2 atom stereocenters. The minimum Gasteiger partial charge on any atom is -0.480 e. The largest absolute Gasteiger partial charge is 0.480 e. The summed E-state index contributed by atoms with van der Waals surface area (Å²) in [5.41, 5.74) is 0.904. The Morgan fingerprint density at radius 2 is 1.74 bits per heavy atom. The van der Waals surface area contributed by atoms with Crippen molar-refractivity contribution in [3.63, 3.8) is 0 Å². The van der Waals surface area contributed by atoms with E-state index in [0.29, 0.717) is 0 Å². The lowest BCUT2D eigenvalue weighted by Crippen LogP contribution is -2.49. The molecule has 6 nitrogen and oxygen atoms in total. The Kier molecular flexibility index (Phi) is 5.29. The van der Waals surface area contributed by atoms with E-state index in [0.717, 1.165) is 5.56 Å². The second-order valence-corrected chi connectivity index (χ2v) is 4.68. The molecule has 0 saturated carbocycles. The number of hydrogen-bond donors (Lipinski definition) is 3. The maximum absolute atomic E-state index is 11.7. The van der Waals surface area contributed by atoms with E-state index in [1.807, 2.05) is 6.92 Å². The van der Waals surface area contributed by atoms with Gasteiger partial charge in [0.05, 0.1) is 6.04 Å². The van der Waals surface area contributed by atoms with Gasteiger partial charge in [-0.1, -0.05) is 13.8 Å². The van der Waals surface area contributed by atoms with E-state index in [1.54, 1.807) is 38.4 Å². The molecule has 0 bridgehead atoms. The van der Waals surface area contributed by atoms with Crippen LogP contribution in [0.15, 0.2) is 24.5 Å². The number of nitrogens with zero attached hydrogens (tertiary/aromatic N) is 1. The molecule has 1 rings (SSSR count). The minimum atomic E-state index is -1.04. The molecule has 0 aromatic carbocycles. The highest BCUT2D eigenvalue weighted by Crippen LogP contribution is 2.10.